The first-order chi connectivity index (χ1) is 56.0. The maximum absolute atomic E-state index is 2.38. The summed E-state index contributed by atoms with van der Waals surface area (Å²) in [7, 11) is 0. The highest BCUT2D eigenvalue weighted by molar-refractivity contribution is 6.11. The van der Waals surface area contributed by atoms with E-state index in [4.69, 9.17) is 0 Å². The molecular formula is C108H75N5. The second-order valence-electron chi connectivity index (χ2n) is 28.8. The molecule has 0 fully saturated rings. The number of anilines is 6. The fourth-order valence-electron chi connectivity index (χ4n) is 16.7. The molecule has 18 aromatic carbocycles. The van der Waals surface area contributed by atoms with Gasteiger partial charge in [-0.05, 0) is 212 Å². The molecule has 3 heterocycles. The lowest BCUT2D eigenvalue weighted by Crippen LogP contribution is -2.10. The van der Waals surface area contributed by atoms with E-state index in [1.165, 1.54) is 132 Å². The van der Waals surface area contributed by atoms with E-state index in [1.807, 2.05) is 0 Å². The Morgan fingerprint density at radius 2 is 0.327 bits per heavy atom. The van der Waals surface area contributed by atoms with Crippen molar-refractivity contribution in [2.24, 2.45) is 0 Å². The molecule has 21 rings (SSSR count). The van der Waals surface area contributed by atoms with Crippen LogP contribution in [0.25, 0.3) is 149 Å². The normalized spacial score (nSPS) is 11.4. The smallest absolute Gasteiger partial charge is 0.0541 e. The highest BCUT2D eigenvalue weighted by atomic mass is 15.1. The van der Waals surface area contributed by atoms with Crippen molar-refractivity contribution in [1.29, 1.82) is 0 Å². The van der Waals surface area contributed by atoms with Gasteiger partial charge < -0.3 is 23.5 Å². The summed E-state index contributed by atoms with van der Waals surface area (Å²) in [6, 6.07) is 164. The number of nitrogens with zero attached hydrogens (tertiary/aromatic N) is 5. The number of aromatic nitrogens is 3. The quantitative estimate of drug-likeness (QED) is 0.102. The van der Waals surface area contributed by atoms with Gasteiger partial charge in [0.05, 0.1) is 33.1 Å². The summed E-state index contributed by atoms with van der Waals surface area (Å²) in [6.07, 6.45) is 0. The molecule has 5 nitrogen and oxygen atoms in total. The monoisotopic (exact) mass is 1440 g/mol. The van der Waals surface area contributed by atoms with Crippen LogP contribution in [0.15, 0.2) is 455 Å². The van der Waals surface area contributed by atoms with Crippen molar-refractivity contribution in [3.05, 3.63) is 455 Å². The summed E-state index contributed by atoms with van der Waals surface area (Å²) < 4.78 is 7.13. The van der Waals surface area contributed by atoms with Gasteiger partial charge in [-0.3, -0.25) is 0 Å². The molecule has 0 bridgehead atoms. The summed E-state index contributed by atoms with van der Waals surface area (Å²) in [5, 5.41) is 7.60. The van der Waals surface area contributed by atoms with Crippen LogP contribution in [0.3, 0.4) is 0 Å². The number of hydrogen-bond acceptors (Lipinski definition) is 2. The molecule has 0 atom stereocenters. The van der Waals surface area contributed by atoms with E-state index in [0.717, 1.165) is 51.2 Å². The van der Waals surface area contributed by atoms with E-state index in [1.54, 1.807) is 0 Å². The summed E-state index contributed by atoms with van der Waals surface area (Å²) in [6.45, 7) is 0. The maximum Gasteiger partial charge on any atom is 0.0541 e. The summed E-state index contributed by atoms with van der Waals surface area (Å²) >= 11 is 0. The average molecular weight is 1440 g/mol. The topological polar surface area (TPSA) is 21.3 Å². The number of para-hydroxylation sites is 6. The third kappa shape index (κ3) is 12.8. The van der Waals surface area contributed by atoms with E-state index >= 15 is 0 Å². The Hall–Kier alpha value is -15.0. The van der Waals surface area contributed by atoms with Crippen molar-refractivity contribution in [2.75, 3.05) is 9.80 Å². The number of fused-ring (bicyclic) bond motifs is 9. The molecule has 0 aliphatic carbocycles. The fourth-order valence-corrected chi connectivity index (χ4v) is 16.7. The lowest BCUT2D eigenvalue weighted by molar-refractivity contribution is 1.18. The van der Waals surface area contributed by atoms with Gasteiger partial charge in [-0.15, -0.1) is 0 Å². The largest absolute Gasteiger partial charge is 0.311 e. The second kappa shape index (κ2) is 29.5. The van der Waals surface area contributed by atoms with Crippen LogP contribution in [0.1, 0.15) is 0 Å². The van der Waals surface area contributed by atoms with E-state index in [-0.39, 0.29) is 0 Å². The van der Waals surface area contributed by atoms with Crippen molar-refractivity contribution in [2.45, 2.75) is 0 Å². The third-order valence-corrected chi connectivity index (χ3v) is 22.1. The van der Waals surface area contributed by atoms with Gasteiger partial charge in [0.2, 0.25) is 0 Å². The average Bonchev–Trinajstić information content (AvgIpc) is 1.62. The number of benzene rings is 18. The molecule has 5 heteroatoms. The van der Waals surface area contributed by atoms with E-state index in [2.05, 4.69) is 478 Å². The highest BCUT2D eigenvalue weighted by Gasteiger charge is 2.20. The van der Waals surface area contributed by atoms with E-state index in [0.29, 0.717) is 0 Å². The predicted octanol–water partition coefficient (Wildman–Crippen LogP) is 29.6. The minimum Gasteiger partial charge on any atom is -0.311 e. The standard InChI is InChI=1S/C60H41N3.C48H34N2/c1-2-14-42(15-3-1)43-28-34-48(35-29-43)61(49-36-30-44(31-37-49)46-16-12-18-51(40-46)62-57-24-8-4-20-53(57)54-21-5-9-25-58(54)62)50-38-32-45(33-39-50)47-17-13-19-52(41-47)63-59-26-10-6-22-55(59)56-23-7-11-27-60(56)63;1-3-12-35(13-4-1)37-22-28-41(29-23-37)49(42-30-24-38(25-31-42)36-14-5-2-6-15-36)44-17-11-16-40(34-44)39-26-32-43(33-27-39)50-47-20-9-7-18-45(47)46-19-8-10-21-48(46)50/h1-41H;1-34H. The van der Waals surface area contributed by atoms with Gasteiger partial charge in [-0.1, -0.05) is 309 Å². The molecule has 0 N–H and O–H groups in total. The van der Waals surface area contributed by atoms with Gasteiger partial charge in [-0.25, -0.2) is 0 Å². The molecule has 0 saturated heterocycles. The van der Waals surface area contributed by atoms with Gasteiger partial charge in [0, 0.05) is 83.5 Å². The van der Waals surface area contributed by atoms with Crippen molar-refractivity contribution >= 4 is 99.5 Å². The van der Waals surface area contributed by atoms with Crippen LogP contribution < -0.4 is 9.80 Å². The zero-order valence-corrected chi connectivity index (χ0v) is 62.0. The third-order valence-electron chi connectivity index (χ3n) is 22.1. The molecule has 21 aromatic rings. The number of hydrogen-bond donors (Lipinski definition) is 0. The predicted molar refractivity (Wildman–Crippen MR) is 478 cm³/mol. The Kier molecular flexibility index (Phi) is 17.6. The maximum atomic E-state index is 2.38. The highest BCUT2D eigenvalue weighted by Crippen LogP contribution is 2.43. The fraction of sp³-hybridized carbons (Fsp3) is 0. The molecule has 0 aliphatic rings. The Labute approximate surface area is 657 Å². The molecule has 532 valence electrons. The first-order valence-electron chi connectivity index (χ1n) is 38.7. The van der Waals surface area contributed by atoms with Gasteiger partial charge in [0.15, 0.2) is 0 Å². The molecule has 0 spiro atoms. The van der Waals surface area contributed by atoms with Gasteiger partial charge in [-0.2, -0.15) is 0 Å². The molecule has 0 amide bonds. The zero-order valence-electron chi connectivity index (χ0n) is 62.0. The zero-order chi connectivity index (χ0) is 75.0. The van der Waals surface area contributed by atoms with Crippen molar-refractivity contribution in [3.63, 3.8) is 0 Å². The Morgan fingerprint density at radius 1 is 0.124 bits per heavy atom. The van der Waals surface area contributed by atoms with E-state index in [9.17, 15) is 0 Å². The van der Waals surface area contributed by atoms with Crippen molar-refractivity contribution in [3.8, 4) is 83.8 Å². The van der Waals surface area contributed by atoms with Gasteiger partial charge in [0.25, 0.3) is 0 Å². The van der Waals surface area contributed by atoms with Gasteiger partial charge in [0.1, 0.15) is 0 Å². The molecule has 0 radical (unpaired) electrons. The van der Waals surface area contributed by atoms with Crippen LogP contribution in [0, 0.1) is 0 Å². The lowest BCUT2D eigenvalue weighted by atomic mass is 10.0. The minimum atomic E-state index is 1.09. The van der Waals surface area contributed by atoms with Crippen LogP contribution >= 0.6 is 0 Å². The van der Waals surface area contributed by atoms with Crippen LogP contribution in [-0.2, 0) is 0 Å². The van der Waals surface area contributed by atoms with Crippen molar-refractivity contribution in [1.82, 2.24) is 13.7 Å². The molecular weight excluding hydrogens is 1370 g/mol. The van der Waals surface area contributed by atoms with E-state index < -0.39 is 0 Å². The molecule has 3 aromatic heterocycles. The van der Waals surface area contributed by atoms with Crippen LogP contribution in [-0.4, -0.2) is 13.7 Å². The minimum absolute atomic E-state index is 1.09. The summed E-state index contributed by atoms with van der Waals surface area (Å²) in [5.74, 6) is 0. The lowest BCUT2D eigenvalue weighted by Gasteiger charge is -2.26. The molecule has 0 unspecified atom stereocenters. The van der Waals surface area contributed by atoms with Crippen LogP contribution in [0.4, 0.5) is 34.1 Å². The Bertz CT molecular complexity index is 6540. The Balaban J connectivity index is 0.000000151. The first-order valence-corrected chi connectivity index (χ1v) is 38.7. The van der Waals surface area contributed by atoms with Crippen LogP contribution in [0.5, 0.6) is 0 Å². The summed E-state index contributed by atoms with van der Waals surface area (Å²) in [5.41, 5.74) is 31.6. The molecule has 0 saturated carbocycles. The molecule has 0 aliphatic heterocycles. The van der Waals surface area contributed by atoms with Crippen LogP contribution in [0.2, 0.25) is 0 Å². The number of rotatable bonds is 15. The summed E-state index contributed by atoms with van der Waals surface area (Å²) in [4.78, 5) is 4.70. The Morgan fingerprint density at radius 3 is 0.619 bits per heavy atom. The molecule has 113 heavy (non-hydrogen) atoms. The van der Waals surface area contributed by atoms with Crippen molar-refractivity contribution < 1.29 is 0 Å². The van der Waals surface area contributed by atoms with Gasteiger partial charge >= 0.3 is 0 Å². The SMILES string of the molecule is c1ccc(-c2ccc(N(c3ccc(-c4cccc(-n5c6ccccc6c6ccccc65)c4)cc3)c3ccc(-c4cccc(-n5c6ccccc6c6ccccc65)c4)cc3)cc2)cc1.c1ccc(-c2ccc(N(c3ccc(-c4ccccc4)cc3)c3cccc(-c4ccc(-n5c6ccccc6c6ccccc65)cc4)c3)cc2)cc1. The second-order valence-corrected chi connectivity index (χ2v) is 28.8. The first kappa shape index (κ1) is 67.3.